The number of aliphatic hydroxyl groups is 1. The highest BCUT2D eigenvalue weighted by Gasteiger charge is 2.07. The molecule has 1 unspecified atom stereocenters. The molecule has 1 N–H and O–H groups in total. The van der Waals surface area contributed by atoms with Gasteiger partial charge in [-0.1, -0.05) is 6.07 Å². The first kappa shape index (κ1) is 8.50. The van der Waals surface area contributed by atoms with E-state index in [-0.39, 0.29) is 5.88 Å². The second-order valence-corrected chi connectivity index (χ2v) is 2.69. The summed E-state index contributed by atoms with van der Waals surface area (Å²) in [5.74, 6) is 0.280. The van der Waals surface area contributed by atoms with Gasteiger partial charge in [-0.15, -0.1) is 11.6 Å². The van der Waals surface area contributed by atoms with Crippen molar-refractivity contribution in [1.82, 2.24) is 0 Å². The van der Waals surface area contributed by atoms with E-state index in [1.807, 2.05) is 35.2 Å². The fourth-order valence-electron chi connectivity index (χ4n) is 0.848. The molecule has 60 valence electrons. The van der Waals surface area contributed by atoms with Crippen molar-refractivity contribution >= 4 is 11.6 Å². The van der Waals surface area contributed by atoms with Gasteiger partial charge in [0.25, 0.3) is 0 Å². The first-order valence-electron chi connectivity index (χ1n) is 3.51. The van der Waals surface area contributed by atoms with E-state index in [9.17, 15) is 0 Å². The summed E-state index contributed by atoms with van der Waals surface area (Å²) in [5.41, 5.74) is 0. The van der Waals surface area contributed by atoms with Crippen LogP contribution < -0.4 is 4.57 Å². The van der Waals surface area contributed by atoms with Gasteiger partial charge in [-0.05, 0) is 0 Å². The lowest BCUT2D eigenvalue weighted by Gasteiger charge is -2.00. The molecule has 0 saturated carbocycles. The van der Waals surface area contributed by atoms with Crippen LogP contribution in [0.1, 0.15) is 0 Å². The molecule has 0 aliphatic heterocycles. The molecule has 3 heteroatoms. The number of halogens is 1. The highest BCUT2D eigenvalue weighted by atomic mass is 35.5. The van der Waals surface area contributed by atoms with Gasteiger partial charge < -0.3 is 5.11 Å². The number of nitrogens with zero attached hydrogens (tertiary/aromatic N) is 1. The predicted octanol–water partition coefficient (Wildman–Crippen LogP) is 0.574. The van der Waals surface area contributed by atoms with Crippen LogP contribution in [-0.2, 0) is 6.54 Å². The van der Waals surface area contributed by atoms with Crippen molar-refractivity contribution in [1.29, 1.82) is 0 Å². The van der Waals surface area contributed by atoms with E-state index in [2.05, 4.69) is 0 Å². The summed E-state index contributed by atoms with van der Waals surface area (Å²) in [6.07, 6.45) is 3.34. The van der Waals surface area contributed by atoms with Gasteiger partial charge in [0.2, 0.25) is 0 Å². The van der Waals surface area contributed by atoms with Gasteiger partial charge in [-0.2, -0.15) is 0 Å². The molecule has 0 saturated heterocycles. The Bertz CT molecular complexity index is 203. The highest BCUT2D eigenvalue weighted by molar-refractivity contribution is 6.18. The third-order valence-electron chi connectivity index (χ3n) is 1.38. The Morgan fingerprint density at radius 1 is 1.27 bits per heavy atom. The summed E-state index contributed by atoms with van der Waals surface area (Å²) in [4.78, 5) is 0. The molecule has 0 aliphatic carbocycles. The van der Waals surface area contributed by atoms with Crippen molar-refractivity contribution in [3.63, 3.8) is 0 Å². The molecule has 0 bridgehead atoms. The van der Waals surface area contributed by atoms with Gasteiger partial charge >= 0.3 is 0 Å². The molecule has 0 fully saturated rings. The lowest BCUT2D eigenvalue weighted by atomic mass is 10.4. The van der Waals surface area contributed by atoms with Gasteiger partial charge in [0.05, 0.1) is 5.88 Å². The summed E-state index contributed by atoms with van der Waals surface area (Å²) in [7, 11) is 0. The summed E-state index contributed by atoms with van der Waals surface area (Å²) in [5, 5.41) is 9.16. The fraction of sp³-hybridized carbons (Fsp3) is 0.375. The summed E-state index contributed by atoms with van der Waals surface area (Å²) in [6.45, 7) is 0.560. The van der Waals surface area contributed by atoms with Crippen molar-refractivity contribution < 1.29 is 9.67 Å². The van der Waals surface area contributed by atoms with Crippen LogP contribution in [-0.4, -0.2) is 17.1 Å². The van der Waals surface area contributed by atoms with Crippen LogP contribution in [0.15, 0.2) is 30.6 Å². The van der Waals surface area contributed by atoms with E-state index >= 15 is 0 Å². The molecule has 1 aromatic rings. The van der Waals surface area contributed by atoms with E-state index in [1.54, 1.807) is 0 Å². The normalized spacial score (nSPS) is 12.9. The van der Waals surface area contributed by atoms with Crippen LogP contribution in [0.5, 0.6) is 0 Å². The minimum absolute atomic E-state index is 0.280. The Balaban J connectivity index is 2.51. The van der Waals surface area contributed by atoms with Crippen molar-refractivity contribution in [2.24, 2.45) is 0 Å². The Hall–Kier alpha value is -0.600. The second kappa shape index (κ2) is 4.31. The molecule has 1 atom stereocenters. The molecular formula is C8H11ClNO+. The second-order valence-electron chi connectivity index (χ2n) is 2.38. The van der Waals surface area contributed by atoms with Gasteiger partial charge in [0, 0.05) is 12.1 Å². The molecule has 1 heterocycles. The average Bonchev–Trinajstić information content (AvgIpc) is 2.06. The lowest BCUT2D eigenvalue weighted by Crippen LogP contribution is -2.39. The molecule has 1 aromatic heterocycles. The van der Waals surface area contributed by atoms with Gasteiger partial charge in [-0.25, -0.2) is 4.57 Å². The van der Waals surface area contributed by atoms with E-state index in [0.717, 1.165) is 0 Å². The SMILES string of the molecule is OC(CCl)C[n+]1ccccc1. The minimum atomic E-state index is -0.455. The number of hydrogen-bond acceptors (Lipinski definition) is 1. The lowest BCUT2D eigenvalue weighted by molar-refractivity contribution is -0.703. The first-order chi connectivity index (χ1) is 5.33. The molecule has 0 aromatic carbocycles. The summed E-state index contributed by atoms with van der Waals surface area (Å²) < 4.78 is 1.90. The van der Waals surface area contributed by atoms with Gasteiger partial charge in [0.15, 0.2) is 18.9 Å². The number of aromatic nitrogens is 1. The molecule has 11 heavy (non-hydrogen) atoms. The molecule has 0 spiro atoms. The monoisotopic (exact) mass is 172 g/mol. The molecule has 0 radical (unpaired) electrons. The molecule has 1 rings (SSSR count). The maximum atomic E-state index is 9.16. The van der Waals surface area contributed by atoms with Crippen molar-refractivity contribution in [3.8, 4) is 0 Å². The Morgan fingerprint density at radius 3 is 2.45 bits per heavy atom. The predicted molar refractivity (Wildman–Crippen MR) is 43.4 cm³/mol. The quantitative estimate of drug-likeness (QED) is 0.523. The van der Waals surface area contributed by atoms with Crippen LogP contribution in [0, 0.1) is 0 Å². The number of rotatable bonds is 3. The van der Waals surface area contributed by atoms with Crippen molar-refractivity contribution in [3.05, 3.63) is 30.6 Å². The van der Waals surface area contributed by atoms with E-state index in [0.29, 0.717) is 6.54 Å². The molecular weight excluding hydrogens is 162 g/mol. The Labute approximate surface area is 71.1 Å². The zero-order valence-corrected chi connectivity index (χ0v) is 6.91. The van der Waals surface area contributed by atoms with E-state index < -0.39 is 6.10 Å². The molecule has 0 amide bonds. The van der Waals surface area contributed by atoms with Crippen molar-refractivity contribution in [2.75, 3.05) is 5.88 Å². The maximum Gasteiger partial charge on any atom is 0.175 e. The molecule has 0 aliphatic rings. The topological polar surface area (TPSA) is 24.1 Å². The van der Waals surface area contributed by atoms with Crippen LogP contribution in [0.3, 0.4) is 0 Å². The Kier molecular flexibility index (Phi) is 3.33. The van der Waals surface area contributed by atoms with Crippen molar-refractivity contribution in [2.45, 2.75) is 12.6 Å². The Morgan fingerprint density at radius 2 is 1.91 bits per heavy atom. The standard InChI is InChI=1S/C8H11ClNO/c9-6-8(11)7-10-4-2-1-3-5-10/h1-5,8,11H,6-7H2/q+1. The average molecular weight is 173 g/mol. The number of aliphatic hydroxyl groups excluding tert-OH is 1. The van der Waals surface area contributed by atoms with Crippen LogP contribution >= 0.6 is 11.6 Å². The van der Waals surface area contributed by atoms with Crippen LogP contribution in [0.2, 0.25) is 0 Å². The maximum absolute atomic E-state index is 9.16. The summed E-state index contributed by atoms with van der Waals surface area (Å²) >= 11 is 5.44. The highest BCUT2D eigenvalue weighted by Crippen LogP contribution is 1.87. The minimum Gasteiger partial charge on any atom is -0.385 e. The van der Waals surface area contributed by atoms with Crippen LogP contribution in [0.4, 0.5) is 0 Å². The smallest absolute Gasteiger partial charge is 0.175 e. The molecule has 2 nitrogen and oxygen atoms in total. The van der Waals surface area contributed by atoms with Crippen LogP contribution in [0.25, 0.3) is 0 Å². The fourth-order valence-corrected chi connectivity index (χ4v) is 0.946. The zero-order valence-electron chi connectivity index (χ0n) is 6.15. The van der Waals surface area contributed by atoms with Gasteiger partial charge in [0.1, 0.15) is 6.10 Å². The zero-order chi connectivity index (χ0) is 8.10. The van der Waals surface area contributed by atoms with E-state index in [4.69, 9.17) is 16.7 Å². The van der Waals surface area contributed by atoms with E-state index in [1.165, 1.54) is 0 Å². The largest absolute Gasteiger partial charge is 0.385 e. The third kappa shape index (κ3) is 2.87. The number of alkyl halides is 1. The first-order valence-corrected chi connectivity index (χ1v) is 4.04. The van der Waals surface area contributed by atoms with Gasteiger partial charge in [-0.3, -0.25) is 0 Å². The number of hydrogen-bond donors (Lipinski definition) is 1. The third-order valence-corrected chi connectivity index (χ3v) is 1.73. The number of pyridine rings is 1. The summed E-state index contributed by atoms with van der Waals surface area (Å²) in [6, 6.07) is 5.77.